The third kappa shape index (κ3) is 3.90. The van der Waals surface area contributed by atoms with Crippen LogP contribution in [0.25, 0.3) is 22.0 Å². The van der Waals surface area contributed by atoms with Crippen LogP contribution in [0, 0.1) is 0 Å². The summed E-state index contributed by atoms with van der Waals surface area (Å²) in [6, 6.07) is 5.43. The van der Waals surface area contributed by atoms with Crippen molar-refractivity contribution in [3.8, 4) is 16.9 Å². The van der Waals surface area contributed by atoms with Gasteiger partial charge in [-0.2, -0.15) is 8.78 Å². The number of aromatic nitrogens is 3. The number of alkyl halides is 4. The zero-order valence-corrected chi connectivity index (χ0v) is 13.0. The molecule has 0 radical (unpaired) electrons. The minimum absolute atomic E-state index is 0.0534. The summed E-state index contributed by atoms with van der Waals surface area (Å²) in [7, 11) is 0. The third-order valence-electron chi connectivity index (χ3n) is 3.42. The fraction of sp³-hybridized carbons (Fsp3) is 0.188. The molecule has 6 nitrogen and oxygen atoms in total. The molecular formula is C16H12F4N4O2. The fourth-order valence-corrected chi connectivity index (χ4v) is 2.34. The summed E-state index contributed by atoms with van der Waals surface area (Å²) in [6.07, 6.45) is 0.186. The fourth-order valence-electron chi connectivity index (χ4n) is 2.34. The van der Waals surface area contributed by atoms with Crippen molar-refractivity contribution in [2.24, 2.45) is 0 Å². The summed E-state index contributed by atoms with van der Waals surface area (Å²) < 4.78 is 53.4. The molecule has 10 heteroatoms. The van der Waals surface area contributed by atoms with Gasteiger partial charge in [-0.1, -0.05) is 12.1 Å². The van der Waals surface area contributed by atoms with E-state index < -0.39 is 25.1 Å². The molecule has 0 aliphatic heterocycles. The van der Waals surface area contributed by atoms with Gasteiger partial charge in [-0.15, -0.1) is 0 Å². The zero-order valence-electron chi connectivity index (χ0n) is 13.0. The van der Waals surface area contributed by atoms with E-state index in [1.807, 2.05) is 0 Å². The second-order valence-corrected chi connectivity index (χ2v) is 5.17. The summed E-state index contributed by atoms with van der Waals surface area (Å²) in [4.78, 5) is 22.8. The van der Waals surface area contributed by atoms with E-state index in [2.05, 4.69) is 25.0 Å². The summed E-state index contributed by atoms with van der Waals surface area (Å²) in [5, 5.41) is 2.86. The second-order valence-electron chi connectivity index (χ2n) is 5.17. The average Bonchev–Trinajstić information content (AvgIpc) is 2.60. The monoisotopic (exact) mass is 368 g/mol. The van der Waals surface area contributed by atoms with Crippen molar-refractivity contribution < 1.29 is 22.3 Å². The lowest BCUT2D eigenvalue weighted by molar-refractivity contribution is -0.0498. The Morgan fingerprint density at radius 1 is 1.15 bits per heavy atom. The Bertz CT molecular complexity index is 961. The summed E-state index contributed by atoms with van der Waals surface area (Å²) >= 11 is 0. The number of anilines is 1. The lowest BCUT2D eigenvalue weighted by atomic mass is 10.0. The van der Waals surface area contributed by atoms with Crippen LogP contribution < -0.4 is 15.6 Å². The molecule has 2 N–H and O–H groups in total. The number of rotatable bonds is 6. The van der Waals surface area contributed by atoms with Gasteiger partial charge in [0.05, 0.1) is 17.6 Å². The normalized spacial score (nSPS) is 11.3. The molecular weight excluding hydrogens is 356 g/mol. The van der Waals surface area contributed by atoms with E-state index >= 15 is 0 Å². The highest BCUT2D eigenvalue weighted by molar-refractivity contribution is 5.92. The highest BCUT2D eigenvalue weighted by Gasteiger charge is 2.13. The number of ether oxygens (including phenoxy) is 1. The second kappa shape index (κ2) is 7.38. The largest absolute Gasteiger partial charge is 0.435 e. The van der Waals surface area contributed by atoms with Crippen LogP contribution in [0.5, 0.6) is 5.75 Å². The van der Waals surface area contributed by atoms with Crippen LogP contribution in [0.3, 0.4) is 0 Å². The van der Waals surface area contributed by atoms with Crippen molar-refractivity contribution in [2.45, 2.75) is 13.0 Å². The predicted octanol–water partition coefficient (Wildman–Crippen LogP) is 3.26. The Labute approximate surface area is 143 Å². The number of pyridine rings is 1. The van der Waals surface area contributed by atoms with Crippen LogP contribution in [-0.4, -0.2) is 34.5 Å². The van der Waals surface area contributed by atoms with Crippen LogP contribution in [0.2, 0.25) is 0 Å². The lowest BCUT2D eigenvalue weighted by Crippen LogP contribution is -2.14. The minimum atomic E-state index is -2.96. The molecule has 136 valence electrons. The summed E-state index contributed by atoms with van der Waals surface area (Å²) in [5.74, 6) is -0.114. The SMILES string of the molecule is O=c1[nH]cc2cnc(NCC(F)F)nc2c1-c1ccc(OC(F)F)cc1. The van der Waals surface area contributed by atoms with Crippen molar-refractivity contribution >= 4 is 16.9 Å². The maximum atomic E-state index is 12.3. The van der Waals surface area contributed by atoms with Gasteiger partial charge in [0.1, 0.15) is 5.75 Å². The summed E-state index contributed by atoms with van der Waals surface area (Å²) in [6.45, 7) is -3.60. The first kappa shape index (κ1) is 17.6. The molecule has 3 rings (SSSR count). The number of nitrogens with zero attached hydrogens (tertiary/aromatic N) is 2. The maximum absolute atomic E-state index is 12.3. The highest BCUT2D eigenvalue weighted by atomic mass is 19.3. The van der Waals surface area contributed by atoms with Gasteiger partial charge in [-0.25, -0.2) is 18.7 Å². The maximum Gasteiger partial charge on any atom is 0.387 e. The van der Waals surface area contributed by atoms with E-state index in [4.69, 9.17) is 0 Å². The van der Waals surface area contributed by atoms with Crippen LogP contribution in [0.1, 0.15) is 0 Å². The first-order chi connectivity index (χ1) is 12.4. The van der Waals surface area contributed by atoms with E-state index in [9.17, 15) is 22.4 Å². The molecule has 0 fully saturated rings. The number of hydrogen-bond acceptors (Lipinski definition) is 5. The first-order valence-corrected chi connectivity index (χ1v) is 7.40. The van der Waals surface area contributed by atoms with E-state index in [0.717, 1.165) is 0 Å². The van der Waals surface area contributed by atoms with E-state index in [1.54, 1.807) is 0 Å². The van der Waals surface area contributed by atoms with E-state index in [1.165, 1.54) is 36.7 Å². The molecule has 2 aromatic heterocycles. The number of benzene rings is 1. The Morgan fingerprint density at radius 2 is 1.88 bits per heavy atom. The van der Waals surface area contributed by atoms with Crippen LogP contribution >= 0.6 is 0 Å². The number of aromatic amines is 1. The van der Waals surface area contributed by atoms with Gasteiger partial charge in [0.15, 0.2) is 0 Å². The number of H-pyrrole nitrogens is 1. The average molecular weight is 368 g/mol. The number of halogens is 4. The molecule has 0 atom stereocenters. The number of nitrogens with one attached hydrogen (secondary N) is 2. The van der Waals surface area contributed by atoms with Crippen LogP contribution in [0.4, 0.5) is 23.5 Å². The van der Waals surface area contributed by atoms with Crippen molar-refractivity contribution in [1.82, 2.24) is 15.0 Å². The van der Waals surface area contributed by atoms with Crippen molar-refractivity contribution in [3.05, 3.63) is 47.0 Å². The molecule has 0 amide bonds. The van der Waals surface area contributed by atoms with Gasteiger partial charge >= 0.3 is 6.61 Å². The topological polar surface area (TPSA) is 79.9 Å². The van der Waals surface area contributed by atoms with E-state index in [-0.39, 0.29) is 22.8 Å². The summed E-state index contributed by atoms with van der Waals surface area (Å²) in [5.41, 5.74) is 0.326. The molecule has 0 saturated heterocycles. The minimum Gasteiger partial charge on any atom is -0.435 e. The Morgan fingerprint density at radius 3 is 2.54 bits per heavy atom. The zero-order chi connectivity index (χ0) is 18.7. The number of hydrogen-bond donors (Lipinski definition) is 2. The molecule has 0 aliphatic carbocycles. The lowest BCUT2D eigenvalue weighted by Gasteiger charge is -2.09. The van der Waals surface area contributed by atoms with Gasteiger partial charge in [0.25, 0.3) is 12.0 Å². The molecule has 26 heavy (non-hydrogen) atoms. The molecule has 0 spiro atoms. The highest BCUT2D eigenvalue weighted by Crippen LogP contribution is 2.26. The molecule has 3 aromatic rings. The van der Waals surface area contributed by atoms with Crippen molar-refractivity contribution in [2.75, 3.05) is 11.9 Å². The van der Waals surface area contributed by atoms with Gasteiger partial charge in [-0.05, 0) is 17.7 Å². The van der Waals surface area contributed by atoms with Gasteiger partial charge in [-0.3, -0.25) is 4.79 Å². The molecule has 0 saturated carbocycles. The Balaban J connectivity index is 2.04. The van der Waals surface area contributed by atoms with Crippen molar-refractivity contribution in [1.29, 1.82) is 0 Å². The molecule has 0 aliphatic rings. The number of fused-ring (bicyclic) bond motifs is 1. The molecule has 0 bridgehead atoms. The van der Waals surface area contributed by atoms with Crippen LogP contribution in [0.15, 0.2) is 41.5 Å². The Kier molecular flexibility index (Phi) is 5.01. The standard InChI is InChI=1S/C16H12F4N4O2/c17-11(18)7-23-16-22-6-9-5-21-14(25)12(13(9)24-16)8-1-3-10(4-2-8)26-15(19)20/h1-6,11,15H,7H2,(H,21,25)(H,22,23,24). The van der Waals surface area contributed by atoms with Gasteiger partial charge in [0.2, 0.25) is 5.95 Å². The first-order valence-electron chi connectivity index (χ1n) is 7.40. The Hall–Kier alpha value is -3.17. The van der Waals surface area contributed by atoms with Crippen LogP contribution in [-0.2, 0) is 0 Å². The molecule has 2 heterocycles. The molecule has 0 unspecified atom stereocenters. The van der Waals surface area contributed by atoms with Crippen molar-refractivity contribution in [3.63, 3.8) is 0 Å². The van der Waals surface area contributed by atoms with Gasteiger partial charge in [0, 0.05) is 17.8 Å². The van der Waals surface area contributed by atoms with Gasteiger partial charge < -0.3 is 15.0 Å². The predicted molar refractivity (Wildman–Crippen MR) is 86.7 cm³/mol. The third-order valence-corrected chi connectivity index (χ3v) is 3.42. The molecule has 1 aromatic carbocycles. The van der Waals surface area contributed by atoms with E-state index in [0.29, 0.717) is 10.9 Å². The quantitative estimate of drug-likeness (QED) is 0.653. The smallest absolute Gasteiger partial charge is 0.387 e.